The normalized spacial score (nSPS) is 18.9. The topological polar surface area (TPSA) is 36.9 Å². The SMILES string of the molecule is FC(F)(F)C(F)(OC(F)(F)C(F)(F)C(F)(F)C(F)(F)OC(F)(C(F)(F)F)C(F)(F)OC(F)(F)C(F)(F)I)C(F)(F)OC(F)(F)C(F)(F)I. The third kappa shape index (κ3) is 8.19. The Morgan fingerprint density at radius 3 is 0.583 bits per heavy atom. The lowest BCUT2D eigenvalue weighted by Crippen LogP contribution is -2.71. The van der Waals surface area contributed by atoms with E-state index in [-0.39, 0.29) is 0 Å². The van der Waals surface area contributed by atoms with Gasteiger partial charge in [-0.2, -0.15) is 123 Å². The number of alkyl halides is 30. The fourth-order valence-corrected chi connectivity index (χ4v) is 2.20. The molecule has 48 heavy (non-hydrogen) atoms. The largest absolute Gasteiger partial charge is 0.458 e. The summed E-state index contributed by atoms with van der Waals surface area (Å²) in [6.45, 7) is 0. The quantitative estimate of drug-likeness (QED) is 0.0931. The Morgan fingerprint density at radius 1 is 0.250 bits per heavy atom. The minimum atomic E-state index is -9.25. The lowest BCUT2D eigenvalue weighted by Gasteiger charge is -2.42. The molecule has 0 heterocycles. The maximum absolute atomic E-state index is 14.0. The van der Waals surface area contributed by atoms with E-state index in [9.17, 15) is 123 Å². The second kappa shape index (κ2) is 12.5. The van der Waals surface area contributed by atoms with Gasteiger partial charge < -0.3 is 0 Å². The number of halogens is 30. The molecule has 0 N–H and O–H groups in total. The predicted molar refractivity (Wildman–Crippen MR) is 102 cm³/mol. The van der Waals surface area contributed by atoms with E-state index in [1.165, 1.54) is 9.47 Å². The van der Waals surface area contributed by atoms with Crippen molar-refractivity contribution in [2.24, 2.45) is 0 Å². The van der Waals surface area contributed by atoms with Gasteiger partial charge in [-0.25, -0.2) is 9.47 Å². The van der Waals surface area contributed by atoms with Crippen molar-refractivity contribution in [2.45, 2.75) is 80.4 Å². The van der Waals surface area contributed by atoms with Crippen LogP contribution in [0.15, 0.2) is 0 Å². The molecule has 34 heteroatoms. The van der Waals surface area contributed by atoms with Crippen LogP contribution in [0.5, 0.6) is 0 Å². The van der Waals surface area contributed by atoms with Crippen LogP contribution in [0.4, 0.5) is 123 Å². The summed E-state index contributed by atoms with van der Waals surface area (Å²) >= 11 is -2.00. The van der Waals surface area contributed by atoms with Crippen LogP contribution in [0.2, 0.25) is 0 Å². The molecule has 0 aliphatic rings. The molecule has 0 aliphatic heterocycles. The van der Waals surface area contributed by atoms with E-state index in [2.05, 4.69) is 0 Å². The zero-order valence-electron chi connectivity index (χ0n) is 20.0. The fourth-order valence-electron chi connectivity index (χ4n) is 1.98. The van der Waals surface area contributed by atoms with Crippen LogP contribution in [0.3, 0.4) is 0 Å². The van der Waals surface area contributed by atoms with Gasteiger partial charge in [-0.15, -0.1) is 0 Å². The molecule has 0 bridgehead atoms. The minimum absolute atomic E-state index is 0.956. The third-order valence-corrected chi connectivity index (χ3v) is 5.57. The van der Waals surface area contributed by atoms with Gasteiger partial charge in [0.05, 0.1) is 0 Å². The molecule has 2 atom stereocenters. The second-order valence-corrected chi connectivity index (χ2v) is 10.5. The minimum Gasteiger partial charge on any atom is -0.262 e. The van der Waals surface area contributed by atoms with Crippen molar-refractivity contribution >= 4 is 45.2 Å². The Hall–Kier alpha value is -0.660. The summed E-state index contributed by atoms with van der Waals surface area (Å²) in [5.41, 5.74) is 0. The Balaban J connectivity index is 7.24. The smallest absolute Gasteiger partial charge is 0.262 e. The molecule has 0 radical (unpaired) electrons. The summed E-state index contributed by atoms with van der Waals surface area (Å²) in [5, 5.41) is 0. The van der Waals surface area contributed by atoms with Crippen molar-refractivity contribution in [1.29, 1.82) is 0 Å². The van der Waals surface area contributed by atoms with E-state index in [1.807, 2.05) is 0 Å². The monoisotopic (exact) mass is 1020 g/mol. The second-order valence-electron chi connectivity index (χ2n) is 7.84. The van der Waals surface area contributed by atoms with Gasteiger partial charge in [0.1, 0.15) is 0 Å². The van der Waals surface area contributed by atoms with Crippen molar-refractivity contribution in [1.82, 2.24) is 0 Å². The van der Waals surface area contributed by atoms with E-state index in [4.69, 9.17) is 0 Å². The van der Waals surface area contributed by atoms with Crippen molar-refractivity contribution in [2.75, 3.05) is 0 Å². The summed E-state index contributed by atoms with van der Waals surface area (Å²) in [5.74, 6) is -35.8. The zero-order valence-corrected chi connectivity index (χ0v) is 24.3. The molecule has 0 aliphatic carbocycles. The highest BCUT2D eigenvalue weighted by atomic mass is 127. The molecule has 290 valence electrons. The third-order valence-electron chi connectivity index (χ3n) is 4.31. The highest BCUT2D eigenvalue weighted by Crippen LogP contribution is 2.61. The summed E-state index contributed by atoms with van der Waals surface area (Å²) in [4.78, 5) is 0. The number of rotatable bonds is 15. The standard InChI is InChI=1S/C14F28I2O4/c15-1(16,9(31,32)45-3(19,5(21,22)23)11(35,36)47-13(39,40)7(27,28)43)2(17,18)10(33,34)46-4(20,6(24,25)26)12(37,38)48-14(41,42)8(29,30)44. The van der Waals surface area contributed by atoms with Gasteiger partial charge in [0.2, 0.25) is 0 Å². The Morgan fingerprint density at radius 2 is 0.438 bits per heavy atom. The van der Waals surface area contributed by atoms with Crippen LogP contribution in [-0.4, -0.2) is 80.4 Å². The number of hydrogen-bond acceptors (Lipinski definition) is 4. The number of hydrogen-bond donors (Lipinski definition) is 0. The zero-order chi connectivity index (χ0) is 39.8. The van der Waals surface area contributed by atoms with Gasteiger partial charge >= 0.3 is 80.4 Å². The highest BCUT2D eigenvalue weighted by Gasteiger charge is 2.90. The van der Waals surface area contributed by atoms with E-state index in [1.54, 1.807) is 0 Å². The lowest BCUT2D eigenvalue weighted by molar-refractivity contribution is -0.573. The molecule has 2 unspecified atom stereocenters. The molecule has 0 aromatic carbocycles. The van der Waals surface area contributed by atoms with Crippen LogP contribution < -0.4 is 0 Å². The van der Waals surface area contributed by atoms with E-state index < -0.39 is 126 Å². The van der Waals surface area contributed by atoms with E-state index in [0.29, 0.717) is 0 Å². The summed E-state index contributed by atoms with van der Waals surface area (Å²) in [7, 11) is 0. The molecule has 0 aromatic rings. The van der Waals surface area contributed by atoms with Crippen molar-refractivity contribution in [3.63, 3.8) is 0 Å². The van der Waals surface area contributed by atoms with Crippen molar-refractivity contribution in [3.05, 3.63) is 0 Å². The first-order valence-electron chi connectivity index (χ1n) is 9.55. The summed E-state index contributed by atoms with van der Waals surface area (Å²) in [6.07, 6.45) is -65.9. The first-order chi connectivity index (χ1) is 20.1. The molecule has 0 amide bonds. The Labute approximate surface area is 267 Å². The average Bonchev–Trinajstić information content (AvgIpc) is 2.73. The van der Waals surface area contributed by atoms with Crippen LogP contribution in [0, 0.1) is 0 Å². The van der Waals surface area contributed by atoms with Gasteiger partial charge in [0.25, 0.3) is 0 Å². The Bertz CT molecular complexity index is 1050. The lowest BCUT2D eigenvalue weighted by atomic mass is 10.1. The summed E-state index contributed by atoms with van der Waals surface area (Å²) < 4.78 is 363. The number of ether oxygens (including phenoxy) is 4. The molecule has 0 aromatic heterocycles. The van der Waals surface area contributed by atoms with Gasteiger partial charge in [-0.3, -0.25) is 9.47 Å². The van der Waals surface area contributed by atoms with Gasteiger partial charge in [-0.1, -0.05) is 0 Å². The molecule has 0 fully saturated rings. The van der Waals surface area contributed by atoms with Gasteiger partial charge in [0.15, 0.2) is 0 Å². The van der Waals surface area contributed by atoms with Crippen LogP contribution >= 0.6 is 45.2 Å². The van der Waals surface area contributed by atoms with Crippen molar-refractivity contribution < 1.29 is 142 Å². The predicted octanol–water partition coefficient (Wildman–Crippen LogP) is 10.4. The first-order valence-corrected chi connectivity index (χ1v) is 11.7. The maximum Gasteiger partial charge on any atom is 0.458 e. The van der Waals surface area contributed by atoms with Gasteiger partial charge in [0, 0.05) is 45.2 Å². The molecule has 0 spiro atoms. The molecule has 0 saturated carbocycles. The molecular weight excluding hydrogens is 1020 g/mol. The first kappa shape index (κ1) is 47.3. The van der Waals surface area contributed by atoms with Crippen molar-refractivity contribution in [3.8, 4) is 0 Å². The van der Waals surface area contributed by atoms with Crippen LogP contribution in [-0.2, 0) is 18.9 Å². The summed E-state index contributed by atoms with van der Waals surface area (Å²) in [6, 6.07) is 0. The molecule has 0 rings (SSSR count). The van der Waals surface area contributed by atoms with E-state index in [0.717, 1.165) is 9.47 Å². The average molecular weight is 1020 g/mol. The maximum atomic E-state index is 14.0. The van der Waals surface area contributed by atoms with Crippen LogP contribution in [0.1, 0.15) is 0 Å². The van der Waals surface area contributed by atoms with Gasteiger partial charge in [-0.05, 0) is 0 Å². The van der Waals surface area contributed by atoms with E-state index >= 15 is 0 Å². The fraction of sp³-hybridized carbons (Fsp3) is 1.00. The molecule has 0 saturated heterocycles. The van der Waals surface area contributed by atoms with Crippen LogP contribution in [0.25, 0.3) is 0 Å². The molecular formula is C14F28I2O4. The molecule has 4 nitrogen and oxygen atoms in total. The highest BCUT2D eigenvalue weighted by molar-refractivity contribution is 14.1. The Kier molecular flexibility index (Phi) is 12.3.